The van der Waals surface area contributed by atoms with Crippen molar-refractivity contribution in [3.8, 4) is 0 Å². The molecule has 16 heavy (non-hydrogen) atoms. The summed E-state index contributed by atoms with van der Waals surface area (Å²) >= 11 is 3.36. The van der Waals surface area contributed by atoms with E-state index in [-0.39, 0.29) is 0 Å². The number of rotatable bonds is 2. The van der Waals surface area contributed by atoms with Crippen LogP contribution in [-0.2, 0) is 24.4 Å². The zero-order chi connectivity index (χ0) is 11.0. The van der Waals surface area contributed by atoms with Crippen LogP contribution >= 0.6 is 15.9 Å². The Hall–Kier alpha value is -1.21. The van der Waals surface area contributed by atoms with Gasteiger partial charge >= 0.3 is 0 Å². The average molecular weight is 284 g/mol. The lowest BCUT2D eigenvalue weighted by Gasteiger charge is -2.15. The van der Waals surface area contributed by atoms with Gasteiger partial charge < -0.3 is 9.30 Å². The SMILES string of the molecule is Brc1cnn(Cc2nnc3n2CCOC3)c1. The Morgan fingerprint density at radius 3 is 3.19 bits per heavy atom. The normalized spacial score (nSPS) is 15.1. The number of aromatic nitrogens is 5. The molecule has 1 aliphatic rings. The van der Waals surface area contributed by atoms with Gasteiger partial charge in [-0.3, -0.25) is 4.68 Å². The molecule has 7 heteroatoms. The molecule has 0 saturated carbocycles. The van der Waals surface area contributed by atoms with Crippen molar-refractivity contribution in [2.45, 2.75) is 19.7 Å². The molecule has 0 aromatic carbocycles. The number of hydrogen-bond acceptors (Lipinski definition) is 4. The molecule has 0 aliphatic carbocycles. The Morgan fingerprint density at radius 2 is 2.38 bits per heavy atom. The van der Waals surface area contributed by atoms with E-state index in [9.17, 15) is 0 Å². The summed E-state index contributed by atoms with van der Waals surface area (Å²) in [6.07, 6.45) is 3.68. The Kier molecular flexibility index (Phi) is 2.49. The smallest absolute Gasteiger partial charge is 0.159 e. The Bertz CT molecular complexity index is 506. The van der Waals surface area contributed by atoms with Crippen molar-refractivity contribution >= 4 is 15.9 Å². The first-order valence-electron chi connectivity index (χ1n) is 4.99. The summed E-state index contributed by atoms with van der Waals surface area (Å²) in [5.74, 6) is 1.82. The van der Waals surface area contributed by atoms with Gasteiger partial charge in [-0.05, 0) is 15.9 Å². The number of nitrogens with zero attached hydrogens (tertiary/aromatic N) is 5. The second-order valence-corrected chi connectivity index (χ2v) is 4.51. The standard InChI is InChI=1S/C9H10BrN5O/c10-7-3-11-14(4-7)5-8-12-13-9-6-16-2-1-15(8)9/h3-4H,1-2,5-6H2. The topological polar surface area (TPSA) is 57.8 Å². The van der Waals surface area contributed by atoms with E-state index in [0.717, 1.165) is 29.3 Å². The Labute approximate surface area is 100 Å². The van der Waals surface area contributed by atoms with Crippen LogP contribution in [0.3, 0.4) is 0 Å². The van der Waals surface area contributed by atoms with Crippen LogP contribution in [0, 0.1) is 0 Å². The minimum Gasteiger partial charge on any atom is -0.372 e. The summed E-state index contributed by atoms with van der Waals surface area (Å²) < 4.78 is 10.2. The third-order valence-electron chi connectivity index (χ3n) is 2.50. The second kappa shape index (κ2) is 3.99. The van der Waals surface area contributed by atoms with Crippen LogP contribution < -0.4 is 0 Å². The molecule has 2 aromatic rings. The minimum absolute atomic E-state index is 0.551. The number of halogens is 1. The molecule has 0 saturated heterocycles. The van der Waals surface area contributed by atoms with Crippen molar-refractivity contribution in [1.82, 2.24) is 24.5 Å². The van der Waals surface area contributed by atoms with Crippen LogP contribution in [0.1, 0.15) is 11.6 Å². The number of ether oxygens (including phenoxy) is 1. The molecule has 0 amide bonds. The quantitative estimate of drug-likeness (QED) is 0.819. The van der Waals surface area contributed by atoms with Gasteiger partial charge in [-0.1, -0.05) is 0 Å². The summed E-state index contributed by atoms with van der Waals surface area (Å²) in [6.45, 7) is 2.73. The predicted molar refractivity (Wildman–Crippen MR) is 58.7 cm³/mol. The van der Waals surface area contributed by atoms with Crippen LogP contribution in [0.25, 0.3) is 0 Å². The van der Waals surface area contributed by atoms with Crippen molar-refractivity contribution in [1.29, 1.82) is 0 Å². The summed E-state index contributed by atoms with van der Waals surface area (Å²) in [6, 6.07) is 0. The van der Waals surface area contributed by atoms with Crippen molar-refractivity contribution < 1.29 is 4.74 Å². The van der Waals surface area contributed by atoms with Gasteiger partial charge in [-0.2, -0.15) is 5.10 Å². The van der Waals surface area contributed by atoms with Crippen LogP contribution in [0.4, 0.5) is 0 Å². The first-order chi connectivity index (χ1) is 7.83. The van der Waals surface area contributed by atoms with Crippen LogP contribution in [0.15, 0.2) is 16.9 Å². The molecule has 0 radical (unpaired) electrons. The van der Waals surface area contributed by atoms with E-state index in [0.29, 0.717) is 13.2 Å². The molecule has 0 bridgehead atoms. The lowest BCUT2D eigenvalue weighted by Crippen LogP contribution is -2.19. The molecule has 2 aromatic heterocycles. The molecule has 3 rings (SSSR count). The van der Waals surface area contributed by atoms with E-state index in [1.165, 1.54) is 0 Å². The first kappa shape index (κ1) is 9.98. The van der Waals surface area contributed by atoms with Gasteiger partial charge in [-0.25, -0.2) is 0 Å². The zero-order valence-electron chi connectivity index (χ0n) is 8.51. The van der Waals surface area contributed by atoms with Crippen molar-refractivity contribution in [2.24, 2.45) is 0 Å². The van der Waals surface area contributed by atoms with Crippen molar-refractivity contribution in [3.05, 3.63) is 28.5 Å². The van der Waals surface area contributed by atoms with E-state index in [2.05, 4.69) is 35.8 Å². The summed E-state index contributed by atoms with van der Waals surface area (Å²) in [5, 5.41) is 12.5. The number of hydrogen-bond donors (Lipinski definition) is 0. The van der Waals surface area contributed by atoms with Crippen LogP contribution in [0.5, 0.6) is 0 Å². The van der Waals surface area contributed by atoms with E-state index in [1.807, 2.05) is 10.9 Å². The molecule has 0 spiro atoms. The van der Waals surface area contributed by atoms with Gasteiger partial charge in [0.1, 0.15) is 13.2 Å². The second-order valence-electron chi connectivity index (χ2n) is 3.59. The van der Waals surface area contributed by atoms with Gasteiger partial charge in [0.15, 0.2) is 11.6 Å². The van der Waals surface area contributed by atoms with Gasteiger partial charge in [0.25, 0.3) is 0 Å². The van der Waals surface area contributed by atoms with E-state index < -0.39 is 0 Å². The van der Waals surface area contributed by atoms with Crippen molar-refractivity contribution in [2.75, 3.05) is 6.61 Å². The molecule has 6 nitrogen and oxygen atoms in total. The third-order valence-corrected chi connectivity index (χ3v) is 2.91. The van der Waals surface area contributed by atoms with E-state index in [4.69, 9.17) is 4.74 Å². The van der Waals surface area contributed by atoms with E-state index >= 15 is 0 Å². The molecule has 0 N–H and O–H groups in total. The summed E-state index contributed by atoms with van der Waals surface area (Å²) in [4.78, 5) is 0. The maximum Gasteiger partial charge on any atom is 0.159 e. The Balaban J connectivity index is 1.87. The highest BCUT2D eigenvalue weighted by atomic mass is 79.9. The highest BCUT2D eigenvalue weighted by molar-refractivity contribution is 9.10. The highest BCUT2D eigenvalue weighted by Gasteiger charge is 2.16. The summed E-state index contributed by atoms with van der Waals surface area (Å²) in [5.41, 5.74) is 0. The van der Waals surface area contributed by atoms with Crippen LogP contribution in [-0.4, -0.2) is 31.2 Å². The van der Waals surface area contributed by atoms with Crippen LogP contribution in [0.2, 0.25) is 0 Å². The molecule has 0 atom stereocenters. The molecular formula is C9H10BrN5O. The molecule has 84 valence electrons. The van der Waals surface area contributed by atoms with Gasteiger partial charge in [0.2, 0.25) is 0 Å². The lowest BCUT2D eigenvalue weighted by molar-refractivity contribution is 0.0805. The molecule has 0 fully saturated rings. The Morgan fingerprint density at radius 1 is 1.44 bits per heavy atom. The van der Waals surface area contributed by atoms with Crippen molar-refractivity contribution in [3.63, 3.8) is 0 Å². The minimum atomic E-state index is 0.551. The van der Waals surface area contributed by atoms with Gasteiger partial charge in [0.05, 0.1) is 17.3 Å². The lowest BCUT2D eigenvalue weighted by atomic mass is 10.4. The van der Waals surface area contributed by atoms with Gasteiger partial charge in [0, 0.05) is 12.7 Å². The number of fused-ring (bicyclic) bond motifs is 1. The molecule has 3 heterocycles. The monoisotopic (exact) mass is 283 g/mol. The molecule has 1 aliphatic heterocycles. The fourth-order valence-electron chi connectivity index (χ4n) is 1.74. The zero-order valence-corrected chi connectivity index (χ0v) is 10.1. The predicted octanol–water partition coefficient (Wildman–Crippen LogP) is 0.816. The first-order valence-corrected chi connectivity index (χ1v) is 5.79. The van der Waals surface area contributed by atoms with E-state index in [1.54, 1.807) is 6.20 Å². The summed E-state index contributed by atoms with van der Waals surface area (Å²) in [7, 11) is 0. The average Bonchev–Trinajstić information content (AvgIpc) is 2.87. The largest absolute Gasteiger partial charge is 0.372 e. The fraction of sp³-hybridized carbons (Fsp3) is 0.444. The van der Waals surface area contributed by atoms with Gasteiger partial charge in [-0.15, -0.1) is 10.2 Å². The third kappa shape index (κ3) is 1.76. The molecule has 0 unspecified atom stereocenters. The highest BCUT2D eigenvalue weighted by Crippen LogP contribution is 2.11. The fourth-order valence-corrected chi connectivity index (χ4v) is 2.07. The molecular weight excluding hydrogens is 274 g/mol. The maximum absolute atomic E-state index is 5.31. The maximum atomic E-state index is 5.31.